The van der Waals surface area contributed by atoms with E-state index in [2.05, 4.69) is 27.4 Å². The molecular weight excluding hydrogens is 785 g/mol. The van der Waals surface area contributed by atoms with Gasteiger partial charge in [0.2, 0.25) is 5.88 Å². The lowest BCUT2D eigenvalue weighted by Crippen LogP contribution is -2.15. The van der Waals surface area contributed by atoms with Crippen molar-refractivity contribution in [1.82, 2.24) is 44.7 Å². The van der Waals surface area contributed by atoms with Gasteiger partial charge < -0.3 is 4.74 Å². The van der Waals surface area contributed by atoms with Gasteiger partial charge in [-0.15, -0.1) is 10.2 Å². The Kier molecular flexibility index (Phi) is 10.1. The predicted octanol–water partition coefficient (Wildman–Crippen LogP) is 9.45. The van der Waals surface area contributed by atoms with Crippen LogP contribution < -0.4 is 4.74 Å². The number of halogens is 2. The molecule has 0 saturated heterocycles. The highest BCUT2D eigenvalue weighted by Crippen LogP contribution is 2.45. The lowest BCUT2D eigenvalue weighted by molar-refractivity contribution is 0.320. The van der Waals surface area contributed by atoms with Gasteiger partial charge >= 0.3 is 0 Å². The summed E-state index contributed by atoms with van der Waals surface area (Å²) in [7, 11) is 1.54. The average molecular weight is 824 g/mol. The number of aromatic nitrogens is 9. The van der Waals surface area contributed by atoms with Crippen molar-refractivity contribution in [3.63, 3.8) is 0 Å². The molecule has 0 radical (unpaired) electrons. The molecule has 306 valence electrons. The van der Waals surface area contributed by atoms with Crippen molar-refractivity contribution in [2.45, 2.75) is 63.5 Å². The van der Waals surface area contributed by atoms with Gasteiger partial charge in [0, 0.05) is 81.9 Å². The third-order valence-corrected chi connectivity index (χ3v) is 12.4. The molecule has 2 fully saturated rings. The highest BCUT2D eigenvalue weighted by Gasteiger charge is 2.37. The van der Waals surface area contributed by atoms with Gasteiger partial charge in [-0.25, -0.2) is 18.7 Å². The number of pyridine rings is 3. The molecule has 6 aromatic heterocycles. The summed E-state index contributed by atoms with van der Waals surface area (Å²) < 4.78 is 38.3. The number of alkyl halides is 2. The Bertz CT molecular complexity index is 3080. The van der Waals surface area contributed by atoms with E-state index in [1.165, 1.54) is 0 Å². The van der Waals surface area contributed by atoms with Crippen molar-refractivity contribution in [3.05, 3.63) is 121 Å². The zero-order valence-electron chi connectivity index (χ0n) is 33.7. The van der Waals surface area contributed by atoms with Gasteiger partial charge in [-0.2, -0.15) is 20.7 Å². The molecule has 0 amide bonds. The van der Waals surface area contributed by atoms with E-state index in [0.717, 1.165) is 61.7 Å². The second-order valence-corrected chi connectivity index (χ2v) is 16.3. The van der Waals surface area contributed by atoms with Crippen LogP contribution in [0.4, 0.5) is 8.78 Å². The lowest BCUT2D eigenvalue weighted by Gasteiger charge is -2.21. The zero-order chi connectivity index (χ0) is 42.3. The molecule has 14 heteroatoms. The van der Waals surface area contributed by atoms with Crippen molar-refractivity contribution in [2.75, 3.05) is 7.11 Å². The Labute approximate surface area is 355 Å². The number of benzene rings is 2. The first kappa shape index (κ1) is 38.7. The maximum atomic E-state index is 15.5. The van der Waals surface area contributed by atoms with Crippen molar-refractivity contribution < 1.29 is 13.5 Å². The van der Waals surface area contributed by atoms with Gasteiger partial charge in [-0.3, -0.25) is 14.3 Å². The van der Waals surface area contributed by atoms with E-state index >= 15 is 4.39 Å². The summed E-state index contributed by atoms with van der Waals surface area (Å²) in [6.07, 6.45) is 10.3. The van der Waals surface area contributed by atoms with Gasteiger partial charge in [0.15, 0.2) is 0 Å². The highest BCUT2D eigenvalue weighted by molar-refractivity contribution is 5.90. The summed E-state index contributed by atoms with van der Waals surface area (Å²) in [6, 6.07) is 27.0. The van der Waals surface area contributed by atoms with E-state index in [0.29, 0.717) is 67.3 Å². The summed E-state index contributed by atoms with van der Waals surface area (Å²) in [5.41, 5.74) is 9.11. The van der Waals surface area contributed by atoms with E-state index in [1.807, 2.05) is 82.4 Å². The monoisotopic (exact) mass is 823 g/mol. The normalized spacial score (nSPS) is 19.8. The Hall–Kier alpha value is -7.45. The van der Waals surface area contributed by atoms with Crippen LogP contribution in [0.15, 0.2) is 104 Å². The molecule has 2 saturated carbocycles. The topological polar surface area (TPSA) is 157 Å². The van der Waals surface area contributed by atoms with Crippen LogP contribution in [0.1, 0.15) is 55.0 Å². The van der Waals surface area contributed by atoms with Crippen LogP contribution in [0.2, 0.25) is 0 Å². The maximum absolute atomic E-state index is 15.5. The van der Waals surface area contributed by atoms with Crippen molar-refractivity contribution in [2.24, 2.45) is 11.8 Å². The zero-order valence-corrected chi connectivity index (χ0v) is 33.7. The Balaban J connectivity index is 0.929. The lowest BCUT2D eigenvalue weighted by atomic mass is 9.86. The SMILES string of the molecule is COc1cc2ccc(-c3nc(C#N)ccc3-c3cnn(C[C@@H]4C[C@@H](F)CC4c4ccnc5cc(-c6nc(C#N)ccc6-c6cnn(C[C@H]7CC[C@H](F)C7)c6)ccc45)c3)cc2nn1. The fourth-order valence-electron chi connectivity index (χ4n) is 9.38. The van der Waals surface area contributed by atoms with Crippen LogP contribution in [-0.4, -0.2) is 64.2 Å². The molecule has 2 aliphatic carbocycles. The number of rotatable bonds is 10. The molecule has 1 unspecified atom stereocenters. The minimum Gasteiger partial charge on any atom is -0.480 e. The van der Waals surface area contributed by atoms with E-state index in [-0.39, 0.29) is 23.4 Å². The quantitative estimate of drug-likeness (QED) is 0.130. The second-order valence-electron chi connectivity index (χ2n) is 16.3. The number of nitriles is 2. The number of fused-ring (bicyclic) bond motifs is 2. The number of nitrogens with zero attached hydrogens (tertiary/aromatic N) is 11. The van der Waals surface area contributed by atoms with Gasteiger partial charge in [-0.1, -0.05) is 24.3 Å². The summed E-state index contributed by atoms with van der Waals surface area (Å²) >= 11 is 0. The minimum absolute atomic E-state index is 0.0465. The second kappa shape index (κ2) is 16.2. The van der Waals surface area contributed by atoms with Crippen LogP contribution in [0.3, 0.4) is 0 Å². The Morgan fingerprint density at radius 1 is 0.694 bits per heavy atom. The molecule has 6 heterocycles. The first-order valence-corrected chi connectivity index (χ1v) is 20.7. The van der Waals surface area contributed by atoms with Crippen LogP contribution in [0.5, 0.6) is 5.88 Å². The average Bonchev–Trinajstić information content (AvgIpc) is 4.14. The van der Waals surface area contributed by atoms with E-state index in [1.54, 1.807) is 37.8 Å². The summed E-state index contributed by atoms with van der Waals surface area (Å²) in [6.45, 7) is 1.15. The standard InChI is InChI=1S/C48H39F2N11O/c1-62-46-18-29-3-4-30(16-44(29)58-59-46)47-40(11-8-37(20-51)56-47)34-23-55-61(27-34)25-32-15-36(50)19-43(32)41-12-13-53-45-17-31(5-9-42(41)45)48-39(10-7-38(21-52)57-48)33-22-54-60(26-33)24-28-2-6-35(49)14-28/h3-5,7-13,16-18,22-23,26-28,32,35-36,43H,2,6,14-15,19,24-25H2,1H3/t28-,32-,35-,36+,43?/m0/s1. The smallest absolute Gasteiger partial charge is 0.233 e. The summed E-state index contributed by atoms with van der Waals surface area (Å²) in [4.78, 5) is 14.2. The van der Waals surface area contributed by atoms with E-state index < -0.39 is 12.3 Å². The molecule has 0 N–H and O–H groups in total. The molecule has 5 atom stereocenters. The van der Waals surface area contributed by atoms with E-state index in [9.17, 15) is 14.9 Å². The highest BCUT2D eigenvalue weighted by atomic mass is 19.1. The number of hydrogen-bond acceptors (Lipinski definition) is 10. The molecule has 0 bridgehead atoms. The van der Waals surface area contributed by atoms with Gasteiger partial charge in [0.25, 0.3) is 0 Å². The molecule has 8 aromatic rings. The fraction of sp³-hybridized carbons (Fsp3) is 0.271. The Morgan fingerprint density at radius 3 is 2.03 bits per heavy atom. The van der Waals surface area contributed by atoms with Gasteiger partial charge in [0.05, 0.1) is 41.9 Å². The molecule has 12 nitrogen and oxygen atoms in total. The molecule has 62 heavy (non-hydrogen) atoms. The third kappa shape index (κ3) is 7.49. The maximum Gasteiger partial charge on any atom is 0.233 e. The number of methoxy groups -OCH3 is 1. The van der Waals surface area contributed by atoms with Crippen molar-refractivity contribution in [1.29, 1.82) is 10.5 Å². The fourth-order valence-corrected chi connectivity index (χ4v) is 9.38. The first-order chi connectivity index (χ1) is 30.3. The predicted molar refractivity (Wildman–Crippen MR) is 229 cm³/mol. The van der Waals surface area contributed by atoms with Crippen LogP contribution in [0.25, 0.3) is 66.6 Å². The van der Waals surface area contributed by atoms with Gasteiger partial charge in [-0.05, 0) is 97.9 Å². The molecule has 2 aromatic carbocycles. The van der Waals surface area contributed by atoms with Crippen LogP contribution in [-0.2, 0) is 13.1 Å². The van der Waals surface area contributed by atoms with Crippen LogP contribution >= 0.6 is 0 Å². The minimum atomic E-state index is -0.971. The first-order valence-electron chi connectivity index (χ1n) is 20.7. The summed E-state index contributed by atoms with van der Waals surface area (Å²) in [5.74, 6) is 0.534. The van der Waals surface area contributed by atoms with Crippen molar-refractivity contribution in [3.8, 4) is 62.8 Å². The molecule has 2 aliphatic rings. The van der Waals surface area contributed by atoms with Gasteiger partial charge in [0.1, 0.15) is 35.9 Å². The molecule has 10 rings (SSSR count). The van der Waals surface area contributed by atoms with Crippen LogP contribution in [0, 0.1) is 34.5 Å². The molecular formula is C48H39F2N11O. The van der Waals surface area contributed by atoms with E-state index in [4.69, 9.17) is 24.8 Å². The van der Waals surface area contributed by atoms with Crippen molar-refractivity contribution >= 4 is 21.8 Å². The molecule has 0 spiro atoms. The number of ether oxygens (including phenoxy) is 1. The Morgan fingerprint density at radius 2 is 1.37 bits per heavy atom. The molecule has 0 aliphatic heterocycles. The third-order valence-electron chi connectivity index (χ3n) is 12.4. The summed E-state index contributed by atoms with van der Waals surface area (Å²) in [5, 5.41) is 39.1. The number of hydrogen-bond donors (Lipinski definition) is 0. The largest absolute Gasteiger partial charge is 0.480 e.